The number of rotatable bonds is 9. The molecular formula is C31H33N3O2. The van der Waals surface area contributed by atoms with Crippen LogP contribution in [0.2, 0.25) is 0 Å². The van der Waals surface area contributed by atoms with E-state index in [0.29, 0.717) is 19.4 Å². The van der Waals surface area contributed by atoms with Gasteiger partial charge in [-0.2, -0.15) is 5.26 Å². The predicted molar refractivity (Wildman–Crippen MR) is 142 cm³/mol. The van der Waals surface area contributed by atoms with E-state index in [4.69, 9.17) is 0 Å². The summed E-state index contributed by atoms with van der Waals surface area (Å²) in [6.07, 6.45) is 2.37. The number of amides is 1. The second-order valence-electron chi connectivity index (χ2n) is 9.63. The topological polar surface area (TPSA) is 64.4 Å². The Morgan fingerprint density at radius 3 is 2.25 bits per heavy atom. The minimum absolute atomic E-state index is 0.0543. The highest BCUT2D eigenvalue weighted by Gasteiger charge is 2.30. The zero-order valence-corrected chi connectivity index (χ0v) is 20.8. The summed E-state index contributed by atoms with van der Waals surface area (Å²) < 4.78 is 0. The van der Waals surface area contributed by atoms with Crippen molar-refractivity contribution in [1.29, 1.82) is 5.26 Å². The van der Waals surface area contributed by atoms with Crippen molar-refractivity contribution < 1.29 is 9.59 Å². The quantitative estimate of drug-likeness (QED) is 0.404. The van der Waals surface area contributed by atoms with Gasteiger partial charge in [-0.05, 0) is 41.5 Å². The van der Waals surface area contributed by atoms with E-state index in [1.807, 2.05) is 72.8 Å². The number of hydrogen-bond acceptors (Lipinski definition) is 4. The number of carbonyl (C=O) groups is 2. The van der Waals surface area contributed by atoms with Crippen molar-refractivity contribution in [1.82, 2.24) is 4.90 Å². The van der Waals surface area contributed by atoms with Gasteiger partial charge in [0.1, 0.15) is 5.78 Å². The number of nitrogens with zero attached hydrogens (tertiary/aromatic N) is 3. The Labute approximate surface area is 214 Å². The highest BCUT2D eigenvalue weighted by molar-refractivity contribution is 5.93. The number of ketones is 1. The summed E-state index contributed by atoms with van der Waals surface area (Å²) in [7, 11) is 0. The van der Waals surface area contributed by atoms with Crippen LogP contribution in [0, 0.1) is 17.2 Å². The van der Waals surface area contributed by atoms with Gasteiger partial charge in [-0.15, -0.1) is 0 Å². The minimum Gasteiger partial charge on any atom is -0.308 e. The molecule has 3 aromatic carbocycles. The van der Waals surface area contributed by atoms with Gasteiger partial charge in [-0.3, -0.25) is 14.5 Å². The van der Waals surface area contributed by atoms with Crippen molar-refractivity contribution in [2.45, 2.75) is 51.7 Å². The summed E-state index contributed by atoms with van der Waals surface area (Å²) in [5, 5.41) is 9.78. The Balaban J connectivity index is 1.39. The average molecular weight is 480 g/mol. The van der Waals surface area contributed by atoms with Gasteiger partial charge >= 0.3 is 0 Å². The molecule has 0 radical (unpaired) electrons. The lowest BCUT2D eigenvalue weighted by Gasteiger charge is -2.35. The van der Waals surface area contributed by atoms with Gasteiger partial charge < -0.3 is 4.90 Å². The van der Waals surface area contributed by atoms with E-state index in [9.17, 15) is 14.9 Å². The van der Waals surface area contributed by atoms with Crippen molar-refractivity contribution in [2.75, 3.05) is 11.4 Å². The first-order valence-corrected chi connectivity index (χ1v) is 12.6. The number of hydrogen-bond donors (Lipinski definition) is 0. The largest absolute Gasteiger partial charge is 0.308 e. The lowest BCUT2D eigenvalue weighted by atomic mass is 9.86. The molecule has 0 aliphatic carbocycles. The predicted octanol–water partition coefficient (Wildman–Crippen LogP) is 5.55. The first-order chi connectivity index (χ1) is 17.5. The van der Waals surface area contributed by atoms with Gasteiger partial charge in [0, 0.05) is 38.5 Å². The Morgan fingerprint density at radius 1 is 0.944 bits per heavy atom. The lowest BCUT2D eigenvalue weighted by molar-refractivity contribution is -0.120. The molecule has 1 aliphatic rings. The summed E-state index contributed by atoms with van der Waals surface area (Å²) in [6, 6.07) is 30.1. The number of benzene rings is 3. The zero-order chi connectivity index (χ0) is 25.3. The number of carbonyl (C=O) groups excluding carboxylic acids is 2. The zero-order valence-electron chi connectivity index (χ0n) is 20.8. The Hall–Kier alpha value is -3.75. The fourth-order valence-corrected chi connectivity index (χ4v) is 5.08. The van der Waals surface area contributed by atoms with Gasteiger partial charge in [-0.1, -0.05) is 78.9 Å². The standard InChI is InChI=1S/C31H33N3O2/c1-24(35)34(23-26-12-6-3-7-13-26)31-15-9-8-14-28(31)20-30(36)19-27-16-17-33(29(18-27)21-32)22-25-10-4-2-5-11-25/h2-15,27,29H,16-20,22-23H2,1H3/t27-,29-/m1/s1. The third kappa shape index (κ3) is 6.68. The first-order valence-electron chi connectivity index (χ1n) is 12.6. The molecular weight excluding hydrogens is 446 g/mol. The summed E-state index contributed by atoms with van der Waals surface area (Å²) in [5.41, 5.74) is 3.90. The lowest BCUT2D eigenvalue weighted by Crippen LogP contribution is -2.41. The molecule has 0 bridgehead atoms. The van der Waals surface area contributed by atoms with Gasteiger partial charge in [0.25, 0.3) is 0 Å². The SMILES string of the molecule is CC(=O)N(Cc1ccccc1)c1ccccc1CC(=O)C[C@@H]1CCN(Cc2ccccc2)[C@@H](C#N)C1. The molecule has 36 heavy (non-hydrogen) atoms. The highest BCUT2D eigenvalue weighted by atomic mass is 16.2. The molecule has 4 rings (SSSR count). The Bertz CT molecular complexity index is 1200. The molecule has 5 heteroatoms. The summed E-state index contributed by atoms with van der Waals surface area (Å²) in [6.45, 7) is 3.60. The van der Waals surface area contributed by atoms with Crippen LogP contribution in [-0.4, -0.2) is 29.2 Å². The van der Waals surface area contributed by atoms with Crippen LogP contribution in [0.25, 0.3) is 0 Å². The Kier molecular flexibility index (Phi) is 8.65. The number of piperidine rings is 1. The van der Waals surface area contributed by atoms with Crippen molar-refractivity contribution >= 4 is 17.4 Å². The third-order valence-electron chi connectivity index (χ3n) is 6.95. The fraction of sp³-hybridized carbons (Fsp3) is 0.323. The van der Waals surface area contributed by atoms with Crippen molar-refractivity contribution in [2.24, 2.45) is 5.92 Å². The van der Waals surface area contributed by atoms with Crippen molar-refractivity contribution in [3.8, 4) is 6.07 Å². The van der Waals surface area contributed by atoms with Crippen LogP contribution in [0.15, 0.2) is 84.9 Å². The molecule has 0 aromatic heterocycles. The number of anilines is 1. The second kappa shape index (κ2) is 12.3. The van der Waals surface area contributed by atoms with Gasteiger partial charge in [-0.25, -0.2) is 0 Å². The number of Topliss-reactive ketones (excluding diaryl/α,β-unsaturated/α-hetero) is 1. The molecule has 1 saturated heterocycles. The third-order valence-corrected chi connectivity index (χ3v) is 6.95. The van der Waals surface area contributed by atoms with E-state index in [0.717, 1.165) is 36.3 Å². The van der Waals surface area contributed by atoms with Crippen LogP contribution in [0.5, 0.6) is 0 Å². The minimum atomic E-state index is -0.178. The van der Waals surface area contributed by atoms with Crippen LogP contribution < -0.4 is 4.90 Å². The number of para-hydroxylation sites is 1. The molecule has 184 valence electrons. The smallest absolute Gasteiger partial charge is 0.224 e. The summed E-state index contributed by atoms with van der Waals surface area (Å²) >= 11 is 0. The van der Waals surface area contributed by atoms with Crippen LogP contribution in [0.1, 0.15) is 42.9 Å². The van der Waals surface area contributed by atoms with Crippen LogP contribution in [-0.2, 0) is 29.1 Å². The van der Waals surface area contributed by atoms with Crippen molar-refractivity contribution in [3.05, 3.63) is 102 Å². The van der Waals surface area contributed by atoms with Crippen LogP contribution in [0.3, 0.4) is 0 Å². The molecule has 1 heterocycles. The second-order valence-corrected chi connectivity index (χ2v) is 9.63. The molecule has 3 aromatic rings. The van der Waals surface area contributed by atoms with Crippen molar-refractivity contribution in [3.63, 3.8) is 0 Å². The van der Waals surface area contributed by atoms with E-state index in [1.54, 1.807) is 11.8 Å². The van der Waals surface area contributed by atoms with Gasteiger partial charge in [0.15, 0.2) is 0 Å². The van der Waals surface area contributed by atoms with E-state index in [2.05, 4.69) is 23.1 Å². The normalized spacial score (nSPS) is 17.8. The maximum atomic E-state index is 13.2. The first kappa shape index (κ1) is 25.3. The highest BCUT2D eigenvalue weighted by Crippen LogP contribution is 2.29. The van der Waals surface area contributed by atoms with Gasteiger partial charge in [0.2, 0.25) is 5.91 Å². The molecule has 1 amide bonds. The average Bonchev–Trinajstić information content (AvgIpc) is 2.89. The molecule has 1 fully saturated rings. The molecule has 0 spiro atoms. The summed E-state index contributed by atoms with van der Waals surface area (Å²) in [4.78, 5) is 29.7. The van der Waals surface area contributed by atoms with E-state index in [1.165, 1.54) is 5.56 Å². The van der Waals surface area contributed by atoms with E-state index >= 15 is 0 Å². The monoisotopic (exact) mass is 479 g/mol. The van der Waals surface area contributed by atoms with Crippen LogP contribution in [0.4, 0.5) is 5.69 Å². The molecule has 5 nitrogen and oxygen atoms in total. The molecule has 0 unspecified atom stereocenters. The number of likely N-dealkylation sites (tertiary alicyclic amines) is 1. The summed E-state index contributed by atoms with van der Waals surface area (Å²) in [5.74, 6) is 0.305. The van der Waals surface area contributed by atoms with Gasteiger partial charge in [0.05, 0.1) is 18.7 Å². The fourth-order valence-electron chi connectivity index (χ4n) is 5.08. The maximum absolute atomic E-state index is 13.2. The van der Waals surface area contributed by atoms with E-state index < -0.39 is 0 Å². The Morgan fingerprint density at radius 2 is 1.58 bits per heavy atom. The van der Waals surface area contributed by atoms with Crippen LogP contribution >= 0.6 is 0 Å². The molecule has 0 saturated carbocycles. The molecule has 0 N–H and O–H groups in total. The molecule has 2 atom stereocenters. The number of nitriles is 1. The maximum Gasteiger partial charge on any atom is 0.224 e. The van der Waals surface area contributed by atoms with E-state index in [-0.39, 0.29) is 30.1 Å². The molecule has 1 aliphatic heterocycles.